The summed E-state index contributed by atoms with van der Waals surface area (Å²) in [5, 5.41) is 0. The first-order valence-corrected chi connectivity index (χ1v) is 3.89. The van der Waals surface area contributed by atoms with Crippen molar-refractivity contribution in [2.24, 2.45) is 11.8 Å². The van der Waals surface area contributed by atoms with Crippen molar-refractivity contribution in [3.63, 3.8) is 0 Å². The van der Waals surface area contributed by atoms with Crippen molar-refractivity contribution < 1.29 is 4.79 Å². The highest BCUT2D eigenvalue weighted by Crippen LogP contribution is 2.26. The molecule has 1 rings (SSSR count). The van der Waals surface area contributed by atoms with Gasteiger partial charge in [0.05, 0.1) is 0 Å². The average molecular weight is 138 g/mol. The van der Waals surface area contributed by atoms with E-state index in [9.17, 15) is 4.79 Å². The molecule has 0 radical (unpaired) electrons. The molecule has 0 spiro atoms. The Morgan fingerprint density at radius 3 is 2.80 bits per heavy atom. The van der Waals surface area contributed by atoms with E-state index < -0.39 is 0 Å². The van der Waals surface area contributed by atoms with Crippen molar-refractivity contribution in [2.45, 2.75) is 26.7 Å². The van der Waals surface area contributed by atoms with Gasteiger partial charge in [0.25, 0.3) is 0 Å². The van der Waals surface area contributed by atoms with Crippen molar-refractivity contribution in [3.8, 4) is 0 Å². The standard InChI is InChI=1S/C9H14O/c1-7-3-4-9(6-10)8(2)5-7/h4,6-8H,3,5H2,1-2H3. The molecule has 10 heavy (non-hydrogen) atoms. The first kappa shape index (κ1) is 7.52. The second-order valence-corrected chi connectivity index (χ2v) is 3.30. The van der Waals surface area contributed by atoms with Gasteiger partial charge in [0.1, 0.15) is 6.29 Å². The first-order valence-electron chi connectivity index (χ1n) is 3.89. The van der Waals surface area contributed by atoms with Crippen LogP contribution in [0.5, 0.6) is 0 Å². The van der Waals surface area contributed by atoms with Gasteiger partial charge in [-0.2, -0.15) is 0 Å². The smallest absolute Gasteiger partial charge is 0.145 e. The lowest BCUT2D eigenvalue weighted by atomic mass is 9.84. The highest BCUT2D eigenvalue weighted by molar-refractivity contribution is 5.74. The molecule has 0 aromatic heterocycles. The number of carbonyl (C=O) groups excluding carboxylic acids is 1. The van der Waals surface area contributed by atoms with Gasteiger partial charge >= 0.3 is 0 Å². The van der Waals surface area contributed by atoms with Crippen LogP contribution in [-0.2, 0) is 4.79 Å². The number of hydrogen-bond donors (Lipinski definition) is 0. The maximum Gasteiger partial charge on any atom is 0.145 e. The molecule has 0 fully saturated rings. The zero-order valence-electron chi connectivity index (χ0n) is 6.63. The maximum atomic E-state index is 10.4. The fourth-order valence-corrected chi connectivity index (χ4v) is 1.54. The SMILES string of the molecule is CC1CC=C(C=O)C(C)C1. The molecule has 1 aliphatic carbocycles. The molecule has 0 amide bonds. The lowest BCUT2D eigenvalue weighted by Gasteiger charge is -2.21. The summed E-state index contributed by atoms with van der Waals surface area (Å²) >= 11 is 0. The van der Waals surface area contributed by atoms with Crippen LogP contribution in [0.1, 0.15) is 26.7 Å². The maximum absolute atomic E-state index is 10.4. The molecule has 2 atom stereocenters. The summed E-state index contributed by atoms with van der Waals surface area (Å²) in [5.74, 6) is 1.25. The third-order valence-corrected chi connectivity index (χ3v) is 2.22. The second-order valence-electron chi connectivity index (χ2n) is 3.30. The molecule has 1 nitrogen and oxygen atoms in total. The van der Waals surface area contributed by atoms with E-state index >= 15 is 0 Å². The van der Waals surface area contributed by atoms with Crippen molar-refractivity contribution in [2.75, 3.05) is 0 Å². The van der Waals surface area contributed by atoms with Gasteiger partial charge in [-0.05, 0) is 30.3 Å². The van der Waals surface area contributed by atoms with Crippen LogP contribution in [0.15, 0.2) is 11.6 Å². The minimum Gasteiger partial charge on any atom is -0.298 e. The van der Waals surface area contributed by atoms with Crippen LogP contribution in [0.25, 0.3) is 0 Å². The number of allylic oxidation sites excluding steroid dienone is 2. The van der Waals surface area contributed by atoms with Gasteiger partial charge in [0, 0.05) is 0 Å². The molecular weight excluding hydrogens is 124 g/mol. The van der Waals surface area contributed by atoms with Crippen LogP contribution in [0.2, 0.25) is 0 Å². The van der Waals surface area contributed by atoms with Crippen LogP contribution in [0.4, 0.5) is 0 Å². The van der Waals surface area contributed by atoms with E-state index in [-0.39, 0.29) is 0 Å². The Bertz CT molecular complexity index is 158. The molecule has 0 aliphatic heterocycles. The summed E-state index contributed by atoms with van der Waals surface area (Å²) < 4.78 is 0. The Morgan fingerprint density at radius 2 is 2.30 bits per heavy atom. The van der Waals surface area contributed by atoms with Crippen LogP contribution >= 0.6 is 0 Å². The van der Waals surface area contributed by atoms with Gasteiger partial charge < -0.3 is 0 Å². The summed E-state index contributed by atoms with van der Waals surface area (Å²) in [6.45, 7) is 4.35. The summed E-state index contributed by atoms with van der Waals surface area (Å²) in [5.41, 5.74) is 0.998. The Kier molecular flexibility index (Phi) is 2.25. The fraction of sp³-hybridized carbons (Fsp3) is 0.667. The van der Waals surface area contributed by atoms with Gasteiger partial charge in [0.15, 0.2) is 0 Å². The van der Waals surface area contributed by atoms with Crippen molar-refractivity contribution in [3.05, 3.63) is 11.6 Å². The second kappa shape index (κ2) is 3.00. The van der Waals surface area contributed by atoms with E-state index in [4.69, 9.17) is 0 Å². The summed E-state index contributed by atoms with van der Waals surface area (Å²) in [7, 11) is 0. The van der Waals surface area contributed by atoms with E-state index in [1.807, 2.05) is 0 Å². The van der Waals surface area contributed by atoms with Gasteiger partial charge in [-0.25, -0.2) is 0 Å². The molecule has 0 N–H and O–H groups in total. The van der Waals surface area contributed by atoms with E-state index in [1.54, 1.807) is 0 Å². The molecule has 0 aromatic rings. The average Bonchev–Trinajstić information content (AvgIpc) is 1.88. The largest absolute Gasteiger partial charge is 0.298 e. The molecule has 56 valence electrons. The number of rotatable bonds is 1. The van der Waals surface area contributed by atoms with Gasteiger partial charge in [-0.3, -0.25) is 4.79 Å². The molecule has 0 saturated carbocycles. The summed E-state index contributed by atoms with van der Waals surface area (Å²) in [4.78, 5) is 10.4. The molecule has 2 unspecified atom stereocenters. The zero-order valence-corrected chi connectivity index (χ0v) is 6.63. The van der Waals surface area contributed by atoms with Gasteiger partial charge in [-0.1, -0.05) is 19.9 Å². The van der Waals surface area contributed by atoms with E-state index in [1.165, 1.54) is 6.42 Å². The molecule has 0 bridgehead atoms. The number of carbonyl (C=O) groups is 1. The lowest BCUT2D eigenvalue weighted by molar-refractivity contribution is -0.105. The van der Waals surface area contributed by atoms with Crippen molar-refractivity contribution >= 4 is 6.29 Å². The van der Waals surface area contributed by atoms with Crippen LogP contribution in [0.3, 0.4) is 0 Å². The predicted octanol–water partition coefficient (Wildman–Crippen LogP) is 2.18. The van der Waals surface area contributed by atoms with Gasteiger partial charge in [0.2, 0.25) is 0 Å². The summed E-state index contributed by atoms with van der Waals surface area (Å²) in [6.07, 6.45) is 5.32. The quantitative estimate of drug-likeness (QED) is 0.507. The van der Waals surface area contributed by atoms with Crippen LogP contribution in [0, 0.1) is 11.8 Å². The zero-order chi connectivity index (χ0) is 7.56. The number of hydrogen-bond acceptors (Lipinski definition) is 1. The molecule has 1 heteroatoms. The normalized spacial score (nSPS) is 33.2. The Labute approximate surface area is 62.1 Å². The van der Waals surface area contributed by atoms with E-state index in [2.05, 4.69) is 19.9 Å². The minimum absolute atomic E-state index is 0.487. The monoisotopic (exact) mass is 138 g/mol. The van der Waals surface area contributed by atoms with Crippen molar-refractivity contribution in [1.29, 1.82) is 0 Å². The fourth-order valence-electron chi connectivity index (χ4n) is 1.54. The first-order chi connectivity index (χ1) is 4.74. The highest BCUT2D eigenvalue weighted by atomic mass is 16.1. The highest BCUT2D eigenvalue weighted by Gasteiger charge is 2.16. The lowest BCUT2D eigenvalue weighted by Crippen LogP contribution is -2.11. The summed E-state index contributed by atoms with van der Waals surface area (Å²) in [6, 6.07) is 0. The third kappa shape index (κ3) is 1.47. The van der Waals surface area contributed by atoms with Crippen LogP contribution < -0.4 is 0 Å². The van der Waals surface area contributed by atoms with E-state index in [0.717, 1.165) is 24.2 Å². The third-order valence-electron chi connectivity index (χ3n) is 2.22. The molecular formula is C9H14O. The van der Waals surface area contributed by atoms with Gasteiger partial charge in [-0.15, -0.1) is 0 Å². The molecule has 0 saturated heterocycles. The molecule has 0 aromatic carbocycles. The Balaban J connectivity index is 2.65. The van der Waals surface area contributed by atoms with E-state index in [0.29, 0.717) is 5.92 Å². The molecule has 0 heterocycles. The van der Waals surface area contributed by atoms with Crippen molar-refractivity contribution in [1.82, 2.24) is 0 Å². The Morgan fingerprint density at radius 1 is 1.60 bits per heavy atom. The minimum atomic E-state index is 0.487. The number of aldehydes is 1. The molecule has 1 aliphatic rings. The predicted molar refractivity (Wildman–Crippen MR) is 41.7 cm³/mol. The topological polar surface area (TPSA) is 17.1 Å². The van der Waals surface area contributed by atoms with Crippen LogP contribution in [-0.4, -0.2) is 6.29 Å². The Hall–Kier alpha value is -0.590.